The van der Waals surface area contributed by atoms with Gasteiger partial charge in [0, 0.05) is 6.42 Å². The van der Waals surface area contributed by atoms with Crippen molar-refractivity contribution >= 4 is 24.3 Å². The first-order valence-electron chi connectivity index (χ1n) is 5.49. The standard InChI is InChI=1S/C11H19N5O.ClH/c1-4-5-6-7-8-17-16-10(13)14-9(12)15-11(16,2)3;/h6-8H2,1-3H3,(H4,12,13,14,15);1H. The zero-order valence-electron chi connectivity index (χ0n) is 10.9. The fourth-order valence-electron chi connectivity index (χ4n) is 1.46. The molecule has 0 amide bonds. The Balaban J connectivity index is 0.00000289. The zero-order chi connectivity index (χ0) is 12.9. The highest BCUT2D eigenvalue weighted by Gasteiger charge is 2.32. The van der Waals surface area contributed by atoms with E-state index in [1.807, 2.05) is 20.8 Å². The largest absolute Gasteiger partial charge is 0.368 e. The number of nitrogens with two attached hydrogens (primary N) is 2. The van der Waals surface area contributed by atoms with Crippen molar-refractivity contribution in [3.63, 3.8) is 0 Å². The van der Waals surface area contributed by atoms with Crippen LogP contribution in [0.25, 0.3) is 0 Å². The van der Waals surface area contributed by atoms with E-state index in [0.29, 0.717) is 6.61 Å². The van der Waals surface area contributed by atoms with E-state index in [9.17, 15) is 0 Å². The number of halogens is 1. The van der Waals surface area contributed by atoms with Gasteiger partial charge in [-0.15, -0.1) is 24.2 Å². The monoisotopic (exact) mass is 273 g/mol. The van der Waals surface area contributed by atoms with Gasteiger partial charge in [0.25, 0.3) is 0 Å². The predicted molar refractivity (Wildman–Crippen MR) is 75.0 cm³/mol. The Morgan fingerprint density at radius 3 is 2.61 bits per heavy atom. The molecule has 1 heterocycles. The summed E-state index contributed by atoms with van der Waals surface area (Å²) in [6, 6.07) is 0. The highest BCUT2D eigenvalue weighted by atomic mass is 35.5. The van der Waals surface area contributed by atoms with Gasteiger partial charge >= 0.3 is 0 Å². The Kier molecular flexibility index (Phi) is 6.52. The van der Waals surface area contributed by atoms with E-state index in [1.54, 1.807) is 0 Å². The number of aliphatic imine (C=N–C) groups is 2. The molecule has 6 nitrogen and oxygen atoms in total. The van der Waals surface area contributed by atoms with Gasteiger partial charge in [0.15, 0.2) is 5.66 Å². The summed E-state index contributed by atoms with van der Waals surface area (Å²) < 4.78 is 0. The number of hydroxylamine groups is 2. The van der Waals surface area contributed by atoms with Gasteiger partial charge in [-0.2, -0.15) is 10.1 Å². The number of rotatable bonds is 4. The summed E-state index contributed by atoms with van der Waals surface area (Å²) in [6.07, 6.45) is 1.63. The lowest BCUT2D eigenvalue weighted by Gasteiger charge is -2.36. The summed E-state index contributed by atoms with van der Waals surface area (Å²) in [5.74, 6) is 6.19. The maximum atomic E-state index is 5.75. The third-order valence-electron chi connectivity index (χ3n) is 2.17. The molecule has 1 aliphatic heterocycles. The third kappa shape index (κ3) is 4.43. The van der Waals surface area contributed by atoms with Crippen LogP contribution < -0.4 is 11.5 Å². The van der Waals surface area contributed by atoms with Crippen LogP contribution in [0.3, 0.4) is 0 Å². The lowest BCUT2D eigenvalue weighted by atomic mass is 10.2. The molecule has 18 heavy (non-hydrogen) atoms. The molecule has 0 aromatic rings. The average Bonchev–Trinajstić information content (AvgIpc) is 2.19. The zero-order valence-corrected chi connectivity index (χ0v) is 11.8. The Bertz CT molecular complexity index is 394. The van der Waals surface area contributed by atoms with Crippen molar-refractivity contribution in [2.24, 2.45) is 21.5 Å². The SMILES string of the molecule is CC#CCCCON1C(N)=NC(N)=NC1(C)C.Cl. The van der Waals surface area contributed by atoms with Gasteiger partial charge in [0.2, 0.25) is 11.9 Å². The van der Waals surface area contributed by atoms with Crippen LogP contribution in [0, 0.1) is 11.8 Å². The van der Waals surface area contributed by atoms with Crippen LogP contribution in [0.4, 0.5) is 0 Å². The van der Waals surface area contributed by atoms with E-state index >= 15 is 0 Å². The van der Waals surface area contributed by atoms with Crippen molar-refractivity contribution in [2.75, 3.05) is 6.61 Å². The number of unbranched alkanes of at least 4 members (excludes halogenated alkanes) is 1. The van der Waals surface area contributed by atoms with Gasteiger partial charge in [0.05, 0.1) is 6.61 Å². The normalized spacial score (nSPS) is 16.9. The molecule has 0 aliphatic carbocycles. The van der Waals surface area contributed by atoms with E-state index in [-0.39, 0.29) is 24.3 Å². The fraction of sp³-hybridized carbons (Fsp3) is 0.636. The van der Waals surface area contributed by atoms with Crippen molar-refractivity contribution in [1.82, 2.24) is 5.06 Å². The summed E-state index contributed by atoms with van der Waals surface area (Å²) >= 11 is 0. The van der Waals surface area contributed by atoms with Crippen LogP contribution in [0.5, 0.6) is 0 Å². The molecule has 0 spiro atoms. The van der Waals surface area contributed by atoms with Crippen LogP contribution in [0.15, 0.2) is 9.98 Å². The van der Waals surface area contributed by atoms with Crippen molar-refractivity contribution in [2.45, 2.75) is 39.3 Å². The van der Waals surface area contributed by atoms with E-state index in [4.69, 9.17) is 16.3 Å². The average molecular weight is 274 g/mol. The fourth-order valence-corrected chi connectivity index (χ4v) is 1.46. The molecule has 4 N–H and O–H groups in total. The molecule has 1 rings (SSSR count). The van der Waals surface area contributed by atoms with Gasteiger partial charge in [-0.1, -0.05) is 0 Å². The summed E-state index contributed by atoms with van der Waals surface area (Å²) in [6.45, 7) is 6.04. The topological polar surface area (TPSA) is 89.2 Å². The smallest absolute Gasteiger partial charge is 0.226 e. The molecular formula is C11H20ClN5O. The second-order valence-electron chi connectivity index (χ2n) is 4.09. The first-order chi connectivity index (χ1) is 7.97. The van der Waals surface area contributed by atoms with Crippen LogP contribution in [-0.4, -0.2) is 29.3 Å². The van der Waals surface area contributed by atoms with Crippen LogP contribution in [0.2, 0.25) is 0 Å². The first-order valence-corrected chi connectivity index (χ1v) is 5.49. The maximum Gasteiger partial charge on any atom is 0.226 e. The van der Waals surface area contributed by atoms with Crippen molar-refractivity contribution in [3.8, 4) is 11.8 Å². The van der Waals surface area contributed by atoms with E-state index in [0.717, 1.165) is 12.8 Å². The van der Waals surface area contributed by atoms with Crippen LogP contribution in [-0.2, 0) is 4.84 Å². The van der Waals surface area contributed by atoms with E-state index in [1.165, 1.54) is 5.06 Å². The Morgan fingerprint density at radius 2 is 2.06 bits per heavy atom. The molecule has 0 aromatic heterocycles. The van der Waals surface area contributed by atoms with Crippen LogP contribution >= 0.6 is 12.4 Å². The molecule has 0 saturated carbocycles. The van der Waals surface area contributed by atoms with Crippen molar-refractivity contribution < 1.29 is 4.84 Å². The second-order valence-corrected chi connectivity index (χ2v) is 4.09. The van der Waals surface area contributed by atoms with E-state index in [2.05, 4.69) is 21.8 Å². The summed E-state index contributed by atoms with van der Waals surface area (Å²) in [7, 11) is 0. The van der Waals surface area contributed by atoms with Gasteiger partial charge in [-0.25, -0.2) is 4.99 Å². The predicted octanol–water partition coefficient (Wildman–Crippen LogP) is 0.824. The number of hydrogen-bond donors (Lipinski definition) is 2. The quantitative estimate of drug-likeness (QED) is 0.586. The molecule has 0 aromatic carbocycles. The highest BCUT2D eigenvalue weighted by Crippen LogP contribution is 2.19. The maximum absolute atomic E-state index is 5.75. The van der Waals surface area contributed by atoms with Crippen LogP contribution in [0.1, 0.15) is 33.6 Å². The van der Waals surface area contributed by atoms with Gasteiger partial charge in [-0.3, -0.25) is 4.84 Å². The van der Waals surface area contributed by atoms with Crippen molar-refractivity contribution in [3.05, 3.63) is 0 Å². The van der Waals surface area contributed by atoms with Gasteiger partial charge in [-0.05, 0) is 27.2 Å². The van der Waals surface area contributed by atoms with Gasteiger partial charge in [0.1, 0.15) is 0 Å². The Morgan fingerprint density at radius 1 is 1.39 bits per heavy atom. The third-order valence-corrected chi connectivity index (χ3v) is 2.17. The lowest BCUT2D eigenvalue weighted by Crippen LogP contribution is -2.53. The molecule has 0 fully saturated rings. The molecule has 7 heteroatoms. The minimum absolute atomic E-state index is 0. The summed E-state index contributed by atoms with van der Waals surface area (Å²) in [5, 5.41) is 1.47. The summed E-state index contributed by atoms with van der Waals surface area (Å²) in [5.41, 5.74) is 10.7. The molecule has 0 saturated heterocycles. The molecule has 102 valence electrons. The Hall–Kier alpha value is -1.45. The van der Waals surface area contributed by atoms with Crippen molar-refractivity contribution in [1.29, 1.82) is 0 Å². The second kappa shape index (κ2) is 7.09. The lowest BCUT2D eigenvalue weighted by molar-refractivity contribution is -0.157. The molecule has 0 unspecified atom stereocenters. The number of nitrogens with zero attached hydrogens (tertiary/aromatic N) is 3. The molecule has 0 radical (unpaired) electrons. The first kappa shape index (κ1) is 16.6. The van der Waals surface area contributed by atoms with Gasteiger partial charge < -0.3 is 11.5 Å². The molecule has 1 aliphatic rings. The Labute approximate surface area is 114 Å². The molecule has 0 bridgehead atoms. The minimum atomic E-state index is -0.633. The minimum Gasteiger partial charge on any atom is -0.368 e. The molecular weight excluding hydrogens is 254 g/mol. The van der Waals surface area contributed by atoms with E-state index < -0.39 is 5.66 Å². The number of guanidine groups is 2. The highest BCUT2D eigenvalue weighted by molar-refractivity contribution is 5.95. The molecule has 0 atom stereocenters. The summed E-state index contributed by atoms with van der Waals surface area (Å²) in [4.78, 5) is 13.6. The number of hydrogen-bond acceptors (Lipinski definition) is 6.